The molecule has 2 N–H and O–H groups in total. The molecule has 0 spiro atoms. The fourth-order valence-corrected chi connectivity index (χ4v) is 6.87. The molecule has 11 nitrogen and oxygen atoms in total. The van der Waals surface area contributed by atoms with Crippen LogP contribution in [0.1, 0.15) is 37.7 Å². The van der Waals surface area contributed by atoms with Crippen LogP contribution in [-0.4, -0.2) is 101 Å². The third kappa shape index (κ3) is 7.21. The van der Waals surface area contributed by atoms with Crippen molar-refractivity contribution in [2.45, 2.75) is 38.3 Å². The first-order chi connectivity index (χ1) is 22.9. The van der Waals surface area contributed by atoms with Crippen molar-refractivity contribution in [2.75, 3.05) is 69.8 Å². The highest BCUT2D eigenvalue weighted by Gasteiger charge is 2.36. The number of ether oxygens (including phenoxy) is 1. The number of H-pyrrole nitrogens is 1. The van der Waals surface area contributed by atoms with E-state index < -0.39 is 23.5 Å². The molecule has 6 rings (SSSR count). The molecule has 4 aromatic rings. The van der Waals surface area contributed by atoms with Crippen molar-refractivity contribution >= 4 is 28.6 Å². The Morgan fingerprint density at radius 1 is 1.06 bits per heavy atom. The van der Waals surface area contributed by atoms with Crippen LogP contribution in [0.25, 0.3) is 33.9 Å². The molecule has 0 atom stereocenters. The van der Waals surface area contributed by atoms with Gasteiger partial charge in [0.25, 0.3) is 0 Å². The van der Waals surface area contributed by atoms with Gasteiger partial charge in [-0.25, -0.2) is 24.3 Å². The fraction of sp³-hybridized carbons (Fsp3) is 0.485. The second kappa shape index (κ2) is 13.6. The van der Waals surface area contributed by atoms with Gasteiger partial charge in [0.05, 0.1) is 42.4 Å². The van der Waals surface area contributed by atoms with Gasteiger partial charge in [-0.1, -0.05) is 12.8 Å². The third-order valence-electron chi connectivity index (χ3n) is 9.33. The topological polar surface area (TPSA) is 124 Å². The minimum atomic E-state index is -4.86. The number of imidazole rings is 1. The predicted molar refractivity (Wildman–Crippen MR) is 172 cm³/mol. The van der Waals surface area contributed by atoms with Gasteiger partial charge in [0.2, 0.25) is 0 Å². The van der Waals surface area contributed by atoms with Crippen molar-refractivity contribution < 1.29 is 32.2 Å². The molecule has 1 aliphatic carbocycles. The second-order valence-electron chi connectivity index (χ2n) is 12.7. The summed E-state index contributed by atoms with van der Waals surface area (Å²) in [6.07, 6.45) is 2.67. The number of aliphatic carboxylic acids is 1. The molecule has 1 aliphatic heterocycles. The number of pyridine rings is 1. The number of nitrogens with zero attached hydrogens (tertiary/aromatic N) is 7. The Bertz CT molecular complexity index is 1750. The molecular weight excluding hydrogens is 632 g/mol. The number of fused-ring (bicyclic) bond motifs is 1. The molecule has 48 heavy (non-hydrogen) atoms. The Hall–Kier alpha value is -4.37. The van der Waals surface area contributed by atoms with Crippen LogP contribution >= 0.6 is 0 Å². The molecule has 0 radical (unpaired) electrons. The quantitative estimate of drug-likeness (QED) is 0.198. The normalized spacial score (nSPS) is 16.9. The molecule has 1 saturated heterocycles. The molecule has 2 fully saturated rings. The number of methoxy groups -OCH3 is 1. The van der Waals surface area contributed by atoms with Gasteiger partial charge in [-0.15, -0.1) is 0 Å². The number of carboxylic acids is 1. The zero-order chi connectivity index (χ0) is 34.1. The van der Waals surface area contributed by atoms with Crippen LogP contribution in [-0.2, 0) is 15.7 Å². The molecule has 15 heteroatoms. The van der Waals surface area contributed by atoms with Crippen LogP contribution in [0.15, 0.2) is 36.7 Å². The maximum absolute atomic E-state index is 14.2. The maximum atomic E-state index is 14.2. The lowest BCUT2D eigenvalue weighted by atomic mass is 9.86. The molecule has 2 aliphatic rings. The number of aromatic nitrogens is 5. The molecule has 0 unspecified atom stereocenters. The molecule has 4 heterocycles. The molecular formula is C33H38F4N8O3. The Kier molecular flexibility index (Phi) is 9.52. The van der Waals surface area contributed by atoms with Gasteiger partial charge >= 0.3 is 12.1 Å². The number of anilines is 2. The summed E-state index contributed by atoms with van der Waals surface area (Å²) in [5, 5.41) is 8.96. The van der Waals surface area contributed by atoms with Crippen LogP contribution in [0.2, 0.25) is 0 Å². The minimum absolute atomic E-state index is 0.0789. The van der Waals surface area contributed by atoms with E-state index in [1.54, 1.807) is 25.6 Å². The summed E-state index contributed by atoms with van der Waals surface area (Å²) in [4.78, 5) is 39.0. The van der Waals surface area contributed by atoms with Crippen molar-refractivity contribution in [3.63, 3.8) is 0 Å². The van der Waals surface area contributed by atoms with Crippen molar-refractivity contribution in [1.29, 1.82) is 0 Å². The van der Waals surface area contributed by atoms with E-state index in [0.29, 0.717) is 61.3 Å². The van der Waals surface area contributed by atoms with Crippen molar-refractivity contribution in [2.24, 2.45) is 5.41 Å². The van der Waals surface area contributed by atoms with E-state index >= 15 is 0 Å². The van der Waals surface area contributed by atoms with E-state index in [4.69, 9.17) is 9.84 Å². The summed E-state index contributed by atoms with van der Waals surface area (Å²) in [7, 11) is 3.61. The first-order valence-corrected chi connectivity index (χ1v) is 15.9. The van der Waals surface area contributed by atoms with Crippen LogP contribution < -0.4 is 9.80 Å². The lowest BCUT2D eigenvalue weighted by Crippen LogP contribution is -2.47. The number of rotatable bonds is 11. The largest absolute Gasteiger partial charge is 0.481 e. The maximum Gasteiger partial charge on any atom is 0.419 e. The van der Waals surface area contributed by atoms with E-state index in [2.05, 4.69) is 39.6 Å². The van der Waals surface area contributed by atoms with Crippen LogP contribution in [0.4, 0.5) is 29.1 Å². The molecule has 1 aromatic carbocycles. The minimum Gasteiger partial charge on any atom is -0.481 e. The van der Waals surface area contributed by atoms with Gasteiger partial charge in [-0.05, 0) is 37.1 Å². The van der Waals surface area contributed by atoms with Crippen molar-refractivity contribution in [3.8, 4) is 22.8 Å². The summed E-state index contributed by atoms with van der Waals surface area (Å²) in [6, 6.07) is 4.58. The summed E-state index contributed by atoms with van der Waals surface area (Å²) < 4.78 is 60.7. The Morgan fingerprint density at radius 3 is 2.46 bits per heavy atom. The number of hydrogen-bond donors (Lipinski definition) is 2. The average Bonchev–Trinajstić information content (AvgIpc) is 3.71. The molecule has 0 amide bonds. The number of aromatic amines is 1. The standard InChI is InChI=1S/C33H38F4N8O3/c1-43(19-32(20-48-2)8-3-4-9-32)26-16-24(21-5-6-23(34)22(15-21)33(35,36)37)40-31-29(26)41-30(42-31)25-17-39-27(18-38-25)45-13-11-44(12-14-45)10-7-28(46)47/h5-6,15-18H,3-4,7-14,19-20H2,1-2H3,(H,46,47)(H,40,41,42). The second-order valence-corrected chi connectivity index (χ2v) is 12.7. The fourth-order valence-electron chi connectivity index (χ4n) is 6.87. The molecule has 0 bridgehead atoms. The monoisotopic (exact) mass is 670 g/mol. The Morgan fingerprint density at radius 2 is 1.81 bits per heavy atom. The van der Waals surface area contributed by atoms with Crippen molar-refractivity contribution in [3.05, 3.63) is 48.0 Å². The Balaban J connectivity index is 1.32. The highest BCUT2D eigenvalue weighted by atomic mass is 19.4. The number of piperazine rings is 1. The van der Waals surface area contributed by atoms with Crippen LogP contribution in [0.5, 0.6) is 0 Å². The Labute approximate surface area is 275 Å². The highest BCUT2D eigenvalue weighted by molar-refractivity contribution is 5.91. The summed E-state index contributed by atoms with van der Waals surface area (Å²) in [5.74, 6) is -1.09. The van der Waals surface area contributed by atoms with Crippen LogP contribution in [0.3, 0.4) is 0 Å². The number of carboxylic acid groups (broad SMARTS) is 1. The van der Waals surface area contributed by atoms with Gasteiger partial charge in [0.1, 0.15) is 22.8 Å². The number of carbonyl (C=O) groups is 1. The smallest absolute Gasteiger partial charge is 0.419 e. The SMILES string of the molecule is COCC1(CN(C)c2cc(-c3ccc(F)c(C(F)(F)F)c3)nc3nc(-c4cnc(N5CCN(CCC(=O)O)CC5)cn4)[nH]c23)CCCC1. The number of alkyl halides is 3. The van der Waals surface area contributed by atoms with Crippen LogP contribution in [0, 0.1) is 11.2 Å². The lowest BCUT2D eigenvalue weighted by molar-refractivity contribution is -0.140. The average molecular weight is 671 g/mol. The number of halogens is 4. The van der Waals surface area contributed by atoms with E-state index in [9.17, 15) is 22.4 Å². The predicted octanol–water partition coefficient (Wildman–Crippen LogP) is 5.48. The summed E-state index contributed by atoms with van der Waals surface area (Å²) in [5.41, 5.74) is 0.903. The van der Waals surface area contributed by atoms with Gasteiger partial charge in [0.15, 0.2) is 11.5 Å². The highest BCUT2D eigenvalue weighted by Crippen LogP contribution is 2.41. The van der Waals surface area contributed by atoms with Gasteiger partial charge < -0.3 is 24.6 Å². The van der Waals surface area contributed by atoms with Gasteiger partial charge in [-0.3, -0.25) is 9.69 Å². The zero-order valence-electron chi connectivity index (χ0n) is 26.9. The van der Waals surface area contributed by atoms with E-state index in [1.807, 2.05) is 7.05 Å². The molecule has 256 valence electrons. The van der Waals surface area contributed by atoms with Crippen molar-refractivity contribution in [1.82, 2.24) is 29.8 Å². The van der Waals surface area contributed by atoms with Gasteiger partial charge in [0, 0.05) is 64.4 Å². The first kappa shape index (κ1) is 33.5. The van der Waals surface area contributed by atoms with E-state index in [1.165, 1.54) is 6.07 Å². The molecule has 1 saturated carbocycles. The van der Waals surface area contributed by atoms with Gasteiger partial charge in [-0.2, -0.15) is 13.2 Å². The lowest BCUT2D eigenvalue weighted by Gasteiger charge is -2.34. The third-order valence-corrected chi connectivity index (χ3v) is 9.33. The molecule has 3 aromatic heterocycles. The van der Waals surface area contributed by atoms with E-state index in [0.717, 1.165) is 50.9 Å². The summed E-state index contributed by atoms with van der Waals surface area (Å²) in [6.45, 7) is 4.53. The van der Waals surface area contributed by atoms with E-state index in [-0.39, 0.29) is 28.7 Å². The first-order valence-electron chi connectivity index (χ1n) is 15.9. The zero-order valence-corrected chi connectivity index (χ0v) is 26.9. The number of nitrogens with one attached hydrogen (secondary N) is 1. The number of benzene rings is 1. The summed E-state index contributed by atoms with van der Waals surface area (Å²) >= 11 is 0. The number of hydrogen-bond acceptors (Lipinski definition) is 9.